The lowest BCUT2D eigenvalue weighted by molar-refractivity contribution is -0.119. The van der Waals surface area contributed by atoms with Gasteiger partial charge < -0.3 is 11.1 Å². The zero-order chi connectivity index (χ0) is 12.8. The quantitative estimate of drug-likeness (QED) is 0.723. The van der Waals surface area contributed by atoms with Gasteiger partial charge in [0.05, 0.1) is 6.54 Å². The van der Waals surface area contributed by atoms with Crippen LogP contribution in [0.3, 0.4) is 0 Å². The monoisotopic (exact) mass is 235 g/mol. The molecule has 0 aliphatic rings. The lowest BCUT2D eigenvalue weighted by Crippen LogP contribution is -2.41. The first-order valence-electron chi connectivity index (χ1n) is 5.38. The van der Waals surface area contributed by atoms with E-state index in [4.69, 9.17) is 5.73 Å². The first-order valence-corrected chi connectivity index (χ1v) is 5.38. The zero-order valence-corrected chi connectivity index (χ0v) is 9.99. The van der Waals surface area contributed by atoms with Crippen LogP contribution in [0.25, 0.3) is 0 Å². The van der Waals surface area contributed by atoms with Crippen LogP contribution in [0, 0.1) is 6.92 Å². The van der Waals surface area contributed by atoms with Crippen molar-refractivity contribution in [3.8, 4) is 0 Å². The molecule has 0 saturated heterocycles. The number of nitrogens with two attached hydrogens (primary N) is 1. The van der Waals surface area contributed by atoms with Crippen LogP contribution in [0.5, 0.6) is 0 Å². The van der Waals surface area contributed by atoms with Crippen LogP contribution in [0.4, 0.5) is 4.79 Å². The highest BCUT2D eigenvalue weighted by Crippen LogP contribution is 2.12. The zero-order valence-electron chi connectivity index (χ0n) is 9.99. The average Bonchev–Trinajstić information content (AvgIpc) is 2.26. The second-order valence-electron chi connectivity index (χ2n) is 3.93. The number of hydrogen-bond donors (Lipinski definition) is 3. The number of primary amides is 1. The van der Waals surface area contributed by atoms with Crippen molar-refractivity contribution in [3.63, 3.8) is 0 Å². The molecule has 92 valence electrons. The Kier molecular flexibility index (Phi) is 4.66. The molecule has 1 atom stereocenters. The summed E-state index contributed by atoms with van der Waals surface area (Å²) in [6.07, 6.45) is 0. The van der Waals surface area contributed by atoms with E-state index in [1.165, 1.54) is 5.56 Å². The molecule has 1 aromatic carbocycles. The van der Waals surface area contributed by atoms with Crippen molar-refractivity contribution in [1.82, 2.24) is 10.6 Å². The Morgan fingerprint density at radius 2 is 1.88 bits per heavy atom. The first-order chi connectivity index (χ1) is 7.99. The van der Waals surface area contributed by atoms with E-state index in [-0.39, 0.29) is 12.6 Å². The predicted octanol–water partition coefficient (Wildman–Crippen LogP) is 0.841. The Bertz CT molecular complexity index is 401. The molecule has 0 heterocycles. The highest BCUT2D eigenvalue weighted by molar-refractivity contribution is 5.94. The molecule has 1 rings (SSSR count). The number of aryl methyl sites for hydroxylation is 1. The molecule has 3 amide bonds. The standard InChI is InChI=1S/C12H17N3O2/c1-8-3-5-10(6-4-8)9(2)14-7-11(16)15-12(13)17/h3-6,9,14H,7H2,1-2H3,(H3,13,15,16,17)/t9-/m1/s1. The molecule has 0 bridgehead atoms. The van der Waals surface area contributed by atoms with Crippen molar-refractivity contribution >= 4 is 11.9 Å². The smallest absolute Gasteiger partial charge is 0.318 e. The molecule has 0 unspecified atom stereocenters. The number of nitrogens with one attached hydrogen (secondary N) is 2. The maximum absolute atomic E-state index is 11.2. The van der Waals surface area contributed by atoms with Gasteiger partial charge in [0.15, 0.2) is 0 Å². The van der Waals surface area contributed by atoms with Gasteiger partial charge in [-0.1, -0.05) is 29.8 Å². The van der Waals surface area contributed by atoms with Gasteiger partial charge in [-0.15, -0.1) is 0 Å². The van der Waals surface area contributed by atoms with Gasteiger partial charge >= 0.3 is 6.03 Å². The van der Waals surface area contributed by atoms with Gasteiger partial charge in [0.1, 0.15) is 0 Å². The Balaban J connectivity index is 2.44. The molecule has 17 heavy (non-hydrogen) atoms. The largest absolute Gasteiger partial charge is 0.351 e. The van der Waals surface area contributed by atoms with E-state index >= 15 is 0 Å². The lowest BCUT2D eigenvalue weighted by Gasteiger charge is -2.13. The topological polar surface area (TPSA) is 84.2 Å². The third-order valence-electron chi connectivity index (χ3n) is 2.41. The van der Waals surface area contributed by atoms with Gasteiger partial charge in [0.25, 0.3) is 0 Å². The number of carbonyl (C=O) groups excluding carboxylic acids is 2. The normalized spacial score (nSPS) is 11.9. The van der Waals surface area contributed by atoms with E-state index in [1.54, 1.807) is 0 Å². The number of benzene rings is 1. The molecule has 0 spiro atoms. The predicted molar refractivity (Wildman–Crippen MR) is 65.3 cm³/mol. The summed E-state index contributed by atoms with van der Waals surface area (Å²) in [6, 6.07) is 7.22. The van der Waals surface area contributed by atoms with Crippen molar-refractivity contribution in [1.29, 1.82) is 0 Å². The maximum Gasteiger partial charge on any atom is 0.318 e. The first kappa shape index (κ1) is 13.2. The summed E-state index contributed by atoms with van der Waals surface area (Å²) in [6.45, 7) is 4.02. The second-order valence-corrected chi connectivity index (χ2v) is 3.93. The minimum absolute atomic E-state index is 0.0363. The van der Waals surface area contributed by atoms with Crippen molar-refractivity contribution in [2.24, 2.45) is 5.73 Å². The van der Waals surface area contributed by atoms with E-state index in [0.717, 1.165) is 5.56 Å². The summed E-state index contributed by atoms with van der Waals surface area (Å²) in [5, 5.41) is 5.00. The van der Waals surface area contributed by atoms with Crippen molar-refractivity contribution in [2.45, 2.75) is 19.9 Å². The van der Waals surface area contributed by atoms with Crippen LogP contribution in [0.15, 0.2) is 24.3 Å². The molecule has 1 aromatic rings. The van der Waals surface area contributed by atoms with E-state index in [2.05, 4.69) is 5.32 Å². The van der Waals surface area contributed by atoms with E-state index in [1.807, 2.05) is 43.4 Å². The van der Waals surface area contributed by atoms with Gasteiger partial charge in [-0.05, 0) is 19.4 Å². The molecule has 0 aliphatic carbocycles. The number of imide groups is 1. The number of urea groups is 1. The summed E-state index contributed by atoms with van der Waals surface area (Å²) in [5.41, 5.74) is 7.10. The average molecular weight is 235 g/mol. The summed E-state index contributed by atoms with van der Waals surface area (Å²) in [5.74, 6) is -0.434. The highest BCUT2D eigenvalue weighted by atomic mass is 16.2. The fourth-order valence-corrected chi connectivity index (χ4v) is 1.40. The summed E-state index contributed by atoms with van der Waals surface area (Å²) < 4.78 is 0. The molecule has 5 nitrogen and oxygen atoms in total. The molecule has 0 aliphatic heterocycles. The Morgan fingerprint density at radius 1 is 1.29 bits per heavy atom. The molecule has 0 aromatic heterocycles. The summed E-state index contributed by atoms with van der Waals surface area (Å²) in [7, 11) is 0. The van der Waals surface area contributed by atoms with Crippen LogP contribution in [-0.4, -0.2) is 18.5 Å². The van der Waals surface area contributed by atoms with E-state index in [9.17, 15) is 9.59 Å². The van der Waals surface area contributed by atoms with E-state index < -0.39 is 11.9 Å². The molecule has 0 fully saturated rings. The summed E-state index contributed by atoms with van der Waals surface area (Å²) in [4.78, 5) is 21.6. The Hall–Kier alpha value is -1.88. The van der Waals surface area contributed by atoms with E-state index in [0.29, 0.717) is 0 Å². The fraction of sp³-hybridized carbons (Fsp3) is 0.333. The molecule has 0 saturated carbocycles. The fourth-order valence-electron chi connectivity index (χ4n) is 1.40. The van der Waals surface area contributed by atoms with Gasteiger partial charge in [-0.2, -0.15) is 0 Å². The SMILES string of the molecule is Cc1ccc([C@@H](C)NCC(=O)NC(N)=O)cc1. The van der Waals surface area contributed by atoms with Gasteiger partial charge in [-0.25, -0.2) is 4.79 Å². The number of hydrogen-bond acceptors (Lipinski definition) is 3. The Morgan fingerprint density at radius 3 is 2.41 bits per heavy atom. The molecule has 5 heteroatoms. The van der Waals surface area contributed by atoms with Crippen molar-refractivity contribution < 1.29 is 9.59 Å². The van der Waals surface area contributed by atoms with Gasteiger partial charge in [0, 0.05) is 6.04 Å². The van der Waals surface area contributed by atoms with Crippen molar-refractivity contribution in [2.75, 3.05) is 6.54 Å². The number of rotatable bonds is 4. The molecule has 0 radical (unpaired) electrons. The third-order valence-corrected chi connectivity index (χ3v) is 2.41. The maximum atomic E-state index is 11.2. The van der Waals surface area contributed by atoms with Crippen molar-refractivity contribution in [3.05, 3.63) is 35.4 Å². The van der Waals surface area contributed by atoms with Gasteiger partial charge in [-0.3, -0.25) is 10.1 Å². The van der Waals surface area contributed by atoms with Crippen LogP contribution >= 0.6 is 0 Å². The highest BCUT2D eigenvalue weighted by Gasteiger charge is 2.08. The van der Waals surface area contributed by atoms with Crippen LogP contribution in [-0.2, 0) is 4.79 Å². The van der Waals surface area contributed by atoms with Crippen LogP contribution < -0.4 is 16.4 Å². The molecular weight excluding hydrogens is 218 g/mol. The number of amides is 3. The second kappa shape index (κ2) is 6.00. The van der Waals surface area contributed by atoms with Crippen LogP contribution in [0.2, 0.25) is 0 Å². The number of carbonyl (C=O) groups is 2. The van der Waals surface area contributed by atoms with Crippen LogP contribution in [0.1, 0.15) is 24.1 Å². The molecular formula is C12H17N3O2. The summed E-state index contributed by atoms with van der Waals surface area (Å²) >= 11 is 0. The van der Waals surface area contributed by atoms with Gasteiger partial charge in [0.2, 0.25) is 5.91 Å². The lowest BCUT2D eigenvalue weighted by atomic mass is 10.1. The minimum atomic E-state index is -0.834. The minimum Gasteiger partial charge on any atom is -0.351 e. The third kappa shape index (κ3) is 4.65. The molecule has 4 N–H and O–H groups in total. The Labute approximate surface area is 100 Å².